The average molecular weight is 329 g/mol. The van der Waals surface area contributed by atoms with Crippen molar-refractivity contribution in [2.45, 2.75) is 39.2 Å². The van der Waals surface area contributed by atoms with Gasteiger partial charge in [-0.15, -0.1) is 0 Å². The Labute approximate surface area is 142 Å². The molecule has 0 saturated carbocycles. The largest absolute Gasteiger partial charge is 0.497 e. The molecule has 0 aliphatic carbocycles. The maximum atomic E-state index is 12.4. The Bertz CT molecular complexity index is 677. The summed E-state index contributed by atoms with van der Waals surface area (Å²) < 4.78 is 10.8. The number of piperidine rings is 1. The molecule has 2 heterocycles. The average Bonchev–Trinajstić information content (AvgIpc) is 3.06. The Morgan fingerprint density at radius 2 is 1.96 bits per heavy atom. The first kappa shape index (κ1) is 16.6. The first-order valence-corrected chi connectivity index (χ1v) is 8.37. The minimum Gasteiger partial charge on any atom is -0.497 e. The summed E-state index contributed by atoms with van der Waals surface area (Å²) in [5, 5.41) is 0. The number of benzene rings is 1. The normalized spacial score (nSPS) is 25.3. The summed E-state index contributed by atoms with van der Waals surface area (Å²) in [5.74, 6) is 1.13. The Balaban J connectivity index is 2.06. The molecule has 2 aliphatic rings. The maximum Gasteiger partial charge on any atom is 0.308 e. The molecule has 24 heavy (non-hydrogen) atoms. The molecule has 0 radical (unpaired) electrons. The van der Waals surface area contributed by atoms with Crippen molar-refractivity contribution in [1.82, 2.24) is 4.90 Å². The van der Waals surface area contributed by atoms with E-state index in [-0.39, 0.29) is 23.8 Å². The molecular weight excluding hydrogens is 306 g/mol. The minimum atomic E-state index is -0.345. The van der Waals surface area contributed by atoms with Gasteiger partial charge in [0.05, 0.1) is 13.2 Å². The number of nitrogens with zero attached hydrogens (tertiary/aromatic N) is 1. The lowest BCUT2D eigenvalue weighted by Crippen LogP contribution is -2.45. The number of carbonyl (C=O) groups excluding carboxylic acids is 2. The Morgan fingerprint density at radius 1 is 1.25 bits per heavy atom. The Kier molecular flexibility index (Phi) is 4.60. The van der Waals surface area contributed by atoms with Crippen molar-refractivity contribution < 1.29 is 19.1 Å². The highest BCUT2D eigenvalue weighted by molar-refractivity contribution is 5.84. The predicted octanol–water partition coefficient (Wildman–Crippen LogP) is 3.00. The van der Waals surface area contributed by atoms with Crippen molar-refractivity contribution in [3.63, 3.8) is 0 Å². The third kappa shape index (κ3) is 3.03. The lowest BCUT2D eigenvalue weighted by molar-refractivity contribution is -0.137. The van der Waals surface area contributed by atoms with Crippen molar-refractivity contribution in [3.8, 4) is 5.75 Å². The van der Waals surface area contributed by atoms with Crippen LogP contribution in [0.4, 0.5) is 0 Å². The topological polar surface area (TPSA) is 55.8 Å². The predicted molar refractivity (Wildman–Crippen MR) is 90.2 cm³/mol. The minimum absolute atomic E-state index is 0.0464. The van der Waals surface area contributed by atoms with E-state index in [1.54, 1.807) is 7.11 Å². The smallest absolute Gasteiger partial charge is 0.308 e. The first-order chi connectivity index (χ1) is 11.5. The molecule has 0 unspecified atom stereocenters. The molecule has 3 rings (SSSR count). The second kappa shape index (κ2) is 6.67. The van der Waals surface area contributed by atoms with E-state index in [0.717, 1.165) is 36.3 Å². The second-order valence-corrected chi connectivity index (χ2v) is 6.47. The van der Waals surface area contributed by atoms with Gasteiger partial charge in [-0.3, -0.25) is 9.59 Å². The molecule has 2 atom stereocenters. The third-order valence-corrected chi connectivity index (χ3v) is 4.78. The standard InChI is InChI=1S/C19H23NO4/c1-12-11-16(17-5-4-10-20(17)19(12)22)18(24-13(2)21)14-6-8-15(23-3)9-7-14/h6-9,12,17H,4-5,10-11H2,1-3H3/b18-16+/t12-,17+/m0/s1. The second-order valence-electron chi connectivity index (χ2n) is 6.47. The monoisotopic (exact) mass is 329 g/mol. The van der Waals surface area contributed by atoms with Gasteiger partial charge in [0, 0.05) is 24.9 Å². The molecule has 0 N–H and O–H groups in total. The van der Waals surface area contributed by atoms with Crippen LogP contribution in [0.5, 0.6) is 5.75 Å². The number of amides is 1. The maximum absolute atomic E-state index is 12.4. The first-order valence-electron chi connectivity index (χ1n) is 8.37. The molecule has 5 heteroatoms. The fourth-order valence-corrected chi connectivity index (χ4v) is 3.67. The van der Waals surface area contributed by atoms with Gasteiger partial charge in [-0.25, -0.2) is 0 Å². The molecule has 1 aromatic rings. The van der Waals surface area contributed by atoms with Crippen LogP contribution in [-0.4, -0.2) is 36.5 Å². The highest BCUT2D eigenvalue weighted by Crippen LogP contribution is 2.39. The molecule has 1 amide bonds. The van der Waals surface area contributed by atoms with E-state index in [0.29, 0.717) is 12.2 Å². The van der Waals surface area contributed by atoms with Gasteiger partial charge in [-0.2, -0.15) is 0 Å². The van der Waals surface area contributed by atoms with Gasteiger partial charge in [0.2, 0.25) is 5.91 Å². The van der Waals surface area contributed by atoms with Gasteiger partial charge in [-0.05, 0) is 49.1 Å². The fourth-order valence-electron chi connectivity index (χ4n) is 3.67. The van der Waals surface area contributed by atoms with Crippen LogP contribution in [-0.2, 0) is 14.3 Å². The number of rotatable bonds is 3. The van der Waals surface area contributed by atoms with Crippen molar-refractivity contribution >= 4 is 17.6 Å². The van der Waals surface area contributed by atoms with Gasteiger partial charge in [0.25, 0.3) is 0 Å². The van der Waals surface area contributed by atoms with Crippen LogP contribution in [0.1, 0.15) is 38.7 Å². The van der Waals surface area contributed by atoms with Crippen LogP contribution >= 0.6 is 0 Å². The highest BCUT2D eigenvalue weighted by Gasteiger charge is 2.41. The molecule has 2 aliphatic heterocycles. The van der Waals surface area contributed by atoms with E-state index in [1.165, 1.54) is 6.92 Å². The highest BCUT2D eigenvalue weighted by atomic mass is 16.5. The van der Waals surface area contributed by atoms with E-state index in [4.69, 9.17) is 9.47 Å². The summed E-state index contributed by atoms with van der Waals surface area (Å²) >= 11 is 0. The summed E-state index contributed by atoms with van der Waals surface area (Å²) in [6.07, 6.45) is 2.55. The molecule has 0 spiro atoms. The van der Waals surface area contributed by atoms with Crippen molar-refractivity contribution in [2.75, 3.05) is 13.7 Å². The van der Waals surface area contributed by atoms with Crippen LogP contribution in [0.3, 0.4) is 0 Å². The fraction of sp³-hybridized carbons (Fsp3) is 0.474. The lowest BCUT2D eigenvalue weighted by Gasteiger charge is -2.36. The lowest BCUT2D eigenvalue weighted by atomic mass is 9.86. The van der Waals surface area contributed by atoms with E-state index in [9.17, 15) is 9.59 Å². The number of ether oxygens (including phenoxy) is 2. The van der Waals surface area contributed by atoms with Crippen molar-refractivity contribution in [2.24, 2.45) is 5.92 Å². The quantitative estimate of drug-likeness (QED) is 0.632. The van der Waals surface area contributed by atoms with E-state index < -0.39 is 0 Å². The number of fused-ring (bicyclic) bond motifs is 1. The van der Waals surface area contributed by atoms with Crippen LogP contribution < -0.4 is 4.74 Å². The zero-order valence-electron chi connectivity index (χ0n) is 14.4. The zero-order valence-corrected chi connectivity index (χ0v) is 14.4. The number of esters is 1. The van der Waals surface area contributed by atoms with Crippen LogP contribution in [0, 0.1) is 5.92 Å². The van der Waals surface area contributed by atoms with Crippen LogP contribution in [0.2, 0.25) is 0 Å². The number of methoxy groups -OCH3 is 1. The SMILES string of the molecule is COc1ccc(/C(OC(C)=O)=C2/C[C@H](C)C(=O)N3CCC[C@H]23)cc1. The van der Waals surface area contributed by atoms with Crippen molar-refractivity contribution in [3.05, 3.63) is 35.4 Å². The molecule has 5 nitrogen and oxygen atoms in total. The summed E-state index contributed by atoms with van der Waals surface area (Å²) in [6.45, 7) is 4.14. The van der Waals surface area contributed by atoms with Gasteiger partial charge >= 0.3 is 5.97 Å². The van der Waals surface area contributed by atoms with E-state index in [1.807, 2.05) is 36.1 Å². The van der Waals surface area contributed by atoms with E-state index in [2.05, 4.69) is 0 Å². The summed E-state index contributed by atoms with van der Waals surface area (Å²) in [5.41, 5.74) is 1.90. The summed E-state index contributed by atoms with van der Waals surface area (Å²) in [6, 6.07) is 7.53. The molecule has 0 aromatic heterocycles. The van der Waals surface area contributed by atoms with Crippen LogP contribution in [0.25, 0.3) is 5.76 Å². The van der Waals surface area contributed by atoms with Gasteiger partial charge < -0.3 is 14.4 Å². The molecule has 128 valence electrons. The third-order valence-electron chi connectivity index (χ3n) is 4.78. The van der Waals surface area contributed by atoms with Crippen LogP contribution in [0.15, 0.2) is 29.8 Å². The summed E-state index contributed by atoms with van der Waals surface area (Å²) in [4.78, 5) is 26.0. The van der Waals surface area contributed by atoms with Crippen molar-refractivity contribution in [1.29, 1.82) is 0 Å². The molecule has 2 fully saturated rings. The molecular formula is C19H23NO4. The summed E-state index contributed by atoms with van der Waals surface area (Å²) in [7, 11) is 1.62. The Hall–Kier alpha value is -2.30. The van der Waals surface area contributed by atoms with E-state index >= 15 is 0 Å². The Morgan fingerprint density at radius 3 is 2.58 bits per heavy atom. The number of hydrogen-bond acceptors (Lipinski definition) is 4. The number of hydrogen-bond donors (Lipinski definition) is 0. The molecule has 1 aromatic carbocycles. The molecule has 0 bridgehead atoms. The number of carbonyl (C=O) groups is 2. The zero-order chi connectivity index (χ0) is 17.3. The van der Waals surface area contributed by atoms with Gasteiger partial charge in [-0.1, -0.05) is 6.92 Å². The van der Waals surface area contributed by atoms with Gasteiger partial charge in [0.1, 0.15) is 11.5 Å². The van der Waals surface area contributed by atoms with Gasteiger partial charge in [0.15, 0.2) is 0 Å². The molecule has 2 saturated heterocycles.